The van der Waals surface area contributed by atoms with E-state index in [-0.39, 0.29) is 24.5 Å². The van der Waals surface area contributed by atoms with Gasteiger partial charge in [-0.25, -0.2) is 0 Å². The van der Waals surface area contributed by atoms with Gasteiger partial charge >= 0.3 is 5.97 Å². The lowest BCUT2D eigenvalue weighted by molar-refractivity contribution is -0.342. The Labute approximate surface area is 298 Å². The van der Waals surface area contributed by atoms with E-state index in [0.29, 0.717) is 19.3 Å². The number of rotatable bonds is 8. The molecule has 5 aliphatic rings. The molecule has 0 aromatic carbocycles. The van der Waals surface area contributed by atoms with Crippen LogP contribution < -0.4 is 0 Å². The average Bonchev–Trinajstić information content (AvgIpc) is 3.44. The molecule has 0 amide bonds. The van der Waals surface area contributed by atoms with Gasteiger partial charge in [0.2, 0.25) is 0 Å². The Balaban J connectivity index is 1.61. The summed E-state index contributed by atoms with van der Waals surface area (Å²) in [6.07, 6.45) is -6.16. The number of nitrogens with zero attached hydrogens (tertiary/aromatic N) is 1. The molecule has 290 valence electrons. The quantitative estimate of drug-likeness (QED) is 0.316. The number of ether oxygens (including phenoxy) is 8. The van der Waals surface area contributed by atoms with Gasteiger partial charge in [-0.15, -0.1) is 0 Å². The van der Waals surface area contributed by atoms with Gasteiger partial charge in [-0.05, 0) is 74.9 Å². The summed E-state index contributed by atoms with van der Waals surface area (Å²) in [6, 6.07) is -0.212. The van der Waals surface area contributed by atoms with E-state index < -0.39 is 102 Å². The van der Waals surface area contributed by atoms with E-state index in [1.807, 2.05) is 60.5 Å². The summed E-state index contributed by atoms with van der Waals surface area (Å²) in [5, 5.41) is 33.9. The maximum Gasteiger partial charge on any atom is 0.311 e. The highest BCUT2D eigenvalue weighted by atomic mass is 16.8. The zero-order valence-electron chi connectivity index (χ0n) is 32.5. The Morgan fingerprint density at radius 3 is 2.24 bits per heavy atom. The third kappa shape index (κ3) is 6.69. The van der Waals surface area contributed by atoms with Crippen LogP contribution in [0.25, 0.3) is 0 Å². The first-order valence-corrected chi connectivity index (χ1v) is 18.7. The Hall–Kier alpha value is -0.970. The fourth-order valence-electron chi connectivity index (χ4n) is 9.81. The minimum absolute atomic E-state index is 0.192. The second-order valence-electron chi connectivity index (χ2n) is 16.9. The zero-order valence-corrected chi connectivity index (χ0v) is 32.5. The van der Waals surface area contributed by atoms with Gasteiger partial charge in [0.15, 0.2) is 18.4 Å². The van der Waals surface area contributed by atoms with Crippen LogP contribution in [-0.4, -0.2) is 137 Å². The molecule has 5 aliphatic heterocycles. The third-order valence-electron chi connectivity index (χ3n) is 12.9. The molecular formula is C37H65NO12. The Bertz CT molecular complexity index is 1210. The number of carbonyl (C=O) groups excluding carboxylic acids is 1. The van der Waals surface area contributed by atoms with Gasteiger partial charge in [-0.1, -0.05) is 27.7 Å². The van der Waals surface area contributed by atoms with Crippen molar-refractivity contribution in [2.75, 3.05) is 21.2 Å². The molecule has 3 N–H and O–H groups in total. The molecule has 3 bridgehead atoms. The average molecular weight is 716 g/mol. The van der Waals surface area contributed by atoms with Gasteiger partial charge in [-0.3, -0.25) is 4.79 Å². The van der Waals surface area contributed by atoms with Gasteiger partial charge in [0.25, 0.3) is 0 Å². The van der Waals surface area contributed by atoms with Gasteiger partial charge in [0, 0.05) is 31.4 Å². The maximum atomic E-state index is 14.4. The predicted octanol–water partition coefficient (Wildman–Crippen LogP) is 2.99. The molecule has 5 heterocycles. The number of esters is 1. The minimum Gasteiger partial charge on any atom is -0.458 e. The first kappa shape index (κ1) is 40.2. The van der Waals surface area contributed by atoms with Gasteiger partial charge in [0.05, 0.1) is 53.6 Å². The van der Waals surface area contributed by atoms with Crippen LogP contribution >= 0.6 is 0 Å². The lowest BCUT2D eigenvalue weighted by Gasteiger charge is -2.49. The van der Waals surface area contributed by atoms with Crippen molar-refractivity contribution in [1.29, 1.82) is 0 Å². The Morgan fingerprint density at radius 2 is 1.64 bits per heavy atom. The van der Waals surface area contributed by atoms with Crippen molar-refractivity contribution in [2.24, 2.45) is 23.7 Å². The van der Waals surface area contributed by atoms with Crippen LogP contribution in [0.2, 0.25) is 0 Å². The fraction of sp³-hybridized carbons (Fsp3) is 0.973. The zero-order chi connectivity index (χ0) is 37.3. The number of carbonyl (C=O) groups is 1. The summed E-state index contributed by atoms with van der Waals surface area (Å²) in [7, 11) is 5.40. The van der Waals surface area contributed by atoms with Crippen LogP contribution in [0.5, 0.6) is 0 Å². The number of fused-ring (bicyclic) bond motifs is 2. The van der Waals surface area contributed by atoms with Gasteiger partial charge in [-0.2, -0.15) is 0 Å². The largest absolute Gasteiger partial charge is 0.458 e. The SMILES string of the molecule is CCC(O)C1(C)OC23OC(C)(CC2C)C(O[C@@H]2O[C@H](C)C[C@H](N(C)C)[C@H]2O)C(C)C(O[C@H]2C[C@@](C)(OC)[C@@H](O)[C@H](C)O2)C(C)C(=O)OC1C3C. The summed E-state index contributed by atoms with van der Waals surface area (Å²) < 4.78 is 52.5. The molecule has 11 unspecified atom stereocenters. The molecule has 5 fully saturated rings. The molecular weight excluding hydrogens is 650 g/mol. The van der Waals surface area contributed by atoms with E-state index in [4.69, 9.17) is 37.9 Å². The summed E-state index contributed by atoms with van der Waals surface area (Å²) in [5.74, 6) is -3.76. The van der Waals surface area contributed by atoms with E-state index in [9.17, 15) is 20.1 Å². The van der Waals surface area contributed by atoms with Crippen molar-refractivity contribution in [2.45, 2.75) is 185 Å². The molecule has 1 spiro atoms. The molecule has 0 aromatic rings. The standard InChI is InChI=1S/C37H65NO12/c1-14-25(39)36(10)31-22(6)37(50-36)18(2)16-35(9,49-37)30(48-33-27(40)24(38(11)12)15-19(3)44-33)20(4)28(21(5)32(42)47-31)46-26-17-34(8,43-13)29(41)23(7)45-26/h18-31,33,39-41H,14-17H2,1-13H3/t18?,19-,20?,21?,22?,23+,24+,25?,26+,27-,28?,29+,30?,31?,33+,34-,35?,36?,37?/m1/s1. The molecule has 0 radical (unpaired) electrons. The lowest BCUT2D eigenvalue weighted by atomic mass is 9.76. The highest BCUT2D eigenvalue weighted by Crippen LogP contribution is 2.59. The van der Waals surface area contributed by atoms with Crippen molar-refractivity contribution < 1.29 is 58.0 Å². The molecule has 13 heteroatoms. The monoisotopic (exact) mass is 715 g/mol. The van der Waals surface area contributed by atoms with Gasteiger partial charge in [0.1, 0.15) is 23.9 Å². The number of hydrogen-bond acceptors (Lipinski definition) is 13. The van der Waals surface area contributed by atoms with Crippen molar-refractivity contribution in [3.63, 3.8) is 0 Å². The molecule has 0 saturated carbocycles. The topological polar surface area (TPSA) is 155 Å². The molecule has 50 heavy (non-hydrogen) atoms. The molecule has 13 nitrogen and oxygen atoms in total. The Morgan fingerprint density at radius 1 is 0.980 bits per heavy atom. The molecule has 0 aromatic heterocycles. The molecule has 5 saturated heterocycles. The van der Waals surface area contributed by atoms with Crippen LogP contribution in [0.15, 0.2) is 0 Å². The van der Waals surface area contributed by atoms with Crippen LogP contribution in [-0.2, 0) is 42.7 Å². The second-order valence-corrected chi connectivity index (χ2v) is 16.9. The Kier molecular flexibility index (Phi) is 11.5. The second kappa shape index (κ2) is 14.4. The van der Waals surface area contributed by atoms with E-state index in [1.54, 1.807) is 27.9 Å². The first-order chi connectivity index (χ1) is 23.2. The number of hydrogen-bond donors (Lipinski definition) is 3. The van der Waals surface area contributed by atoms with E-state index in [2.05, 4.69) is 6.92 Å². The van der Waals surface area contributed by atoms with Crippen molar-refractivity contribution in [1.82, 2.24) is 4.90 Å². The number of methoxy groups -OCH3 is 1. The third-order valence-corrected chi connectivity index (χ3v) is 12.9. The number of aliphatic hydroxyl groups is 3. The normalized spacial score (nSPS) is 53.6. The fourth-order valence-corrected chi connectivity index (χ4v) is 9.81. The van der Waals surface area contributed by atoms with Crippen LogP contribution in [0.3, 0.4) is 0 Å². The number of likely N-dealkylation sites (N-methyl/N-ethyl adjacent to an activating group) is 1. The van der Waals surface area contributed by atoms with E-state index in [0.717, 1.165) is 0 Å². The van der Waals surface area contributed by atoms with Crippen molar-refractivity contribution >= 4 is 5.97 Å². The van der Waals surface area contributed by atoms with Gasteiger partial charge < -0.3 is 58.1 Å². The summed E-state index contributed by atoms with van der Waals surface area (Å²) in [6.45, 7) is 18.9. The summed E-state index contributed by atoms with van der Waals surface area (Å²) >= 11 is 0. The lowest BCUT2D eigenvalue weighted by Crippen LogP contribution is -2.60. The molecule has 19 atom stereocenters. The maximum absolute atomic E-state index is 14.4. The smallest absolute Gasteiger partial charge is 0.311 e. The summed E-state index contributed by atoms with van der Waals surface area (Å²) in [5.41, 5.74) is -3.23. The van der Waals surface area contributed by atoms with E-state index in [1.165, 1.54) is 0 Å². The highest BCUT2D eigenvalue weighted by Gasteiger charge is 2.72. The first-order valence-electron chi connectivity index (χ1n) is 18.7. The van der Waals surface area contributed by atoms with Crippen molar-refractivity contribution in [3.05, 3.63) is 0 Å². The van der Waals surface area contributed by atoms with Crippen LogP contribution in [0, 0.1) is 23.7 Å². The minimum atomic E-state index is -1.25. The van der Waals surface area contributed by atoms with Crippen LogP contribution in [0.4, 0.5) is 0 Å². The molecule has 0 aliphatic carbocycles. The molecule has 5 rings (SSSR count). The van der Waals surface area contributed by atoms with Crippen LogP contribution in [0.1, 0.15) is 94.9 Å². The van der Waals surface area contributed by atoms with Crippen molar-refractivity contribution in [3.8, 4) is 0 Å². The summed E-state index contributed by atoms with van der Waals surface area (Å²) in [4.78, 5) is 16.3. The highest BCUT2D eigenvalue weighted by molar-refractivity contribution is 5.73. The predicted molar refractivity (Wildman–Crippen MR) is 182 cm³/mol. The van der Waals surface area contributed by atoms with E-state index >= 15 is 0 Å². The number of aliphatic hydroxyl groups excluding tert-OH is 3.